The molecule has 10 aromatic rings. The van der Waals surface area contributed by atoms with Gasteiger partial charge in [-0.1, -0.05) is 141 Å². The molecule has 1 aliphatic rings. The molecule has 2 heterocycles. The van der Waals surface area contributed by atoms with E-state index in [1.165, 1.54) is 90.9 Å². The van der Waals surface area contributed by atoms with Crippen LogP contribution in [0.15, 0.2) is 174 Å². The minimum atomic E-state index is 0.582. The van der Waals surface area contributed by atoms with E-state index in [4.69, 9.17) is 4.42 Å². The molecule has 0 aliphatic heterocycles. The predicted molar refractivity (Wildman–Crippen MR) is 235 cm³/mol. The summed E-state index contributed by atoms with van der Waals surface area (Å²) in [4.78, 5) is 2.48. The smallest absolute Gasteiger partial charge is 0.137 e. The van der Waals surface area contributed by atoms with Gasteiger partial charge in [0.1, 0.15) is 11.2 Å². The molecule has 0 unspecified atom stereocenters. The van der Waals surface area contributed by atoms with Gasteiger partial charge in [0.2, 0.25) is 0 Å². The Kier molecular flexibility index (Phi) is 7.81. The SMILES string of the molecule is c1ccc(N(c2ccc3c(c2)oc2ccccc23)c2ccccc2-c2cccc3sc4ccccc4c23)c(-c2cccc3cccc(C4CCCCC4)c23)c1. The van der Waals surface area contributed by atoms with Crippen molar-refractivity contribution in [3.63, 3.8) is 0 Å². The number of benzene rings is 8. The second-order valence-electron chi connectivity index (χ2n) is 15.0. The number of hydrogen-bond acceptors (Lipinski definition) is 3. The maximum Gasteiger partial charge on any atom is 0.137 e. The van der Waals surface area contributed by atoms with Gasteiger partial charge in [0.15, 0.2) is 0 Å². The maximum absolute atomic E-state index is 6.56. The number of para-hydroxylation sites is 3. The third kappa shape index (κ3) is 5.37. The highest BCUT2D eigenvalue weighted by molar-refractivity contribution is 7.25. The summed E-state index contributed by atoms with van der Waals surface area (Å²) >= 11 is 1.87. The van der Waals surface area contributed by atoms with Crippen molar-refractivity contribution in [3.05, 3.63) is 175 Å². The molecule has 11 rings (SSSR count). The Morgan fingerprint density at radius 1 is 0.455 bits per heavy atom. The van der Waals surface area contributed by atoms with E-state index < -0.39 is 0 Å². The van der Waals surface area contributed by atoms with Crippen LogP contribution in [0.3, 0.4) is 0 Å². The molecule has 3 heteroatoms. The maximum atomic E-state index is 6.56. The summed E-state index contributed by atoms with van der Waals surface area (Å²) in [7, 11) is 0. The molecule has 0 amide bonds. The van der Waals surface area contributed by atoms with Gasteiger partial charge in [0.05, 0.1) is 11.4 Å². The van der Waals surface area contributed by atoms with Crippen LogP contribution in [0.25, 0.3) is 75.1 Å². The summed E-state index contributed by atoms with van der Waals surface area (Å²) in [5.41, 5.74) is 11.5. The minimum Gasteiger partial charge on any atom is -0.456 e. The van der Waals surface area contributed by atoms with Crippen molar-refractivity contribution < 1.29 is 4.42 Å². The van der Waals surface area contributed by atoms with Gasteiger partial charge < -0.3 is 9.32 Å². The highest BCUT2D eigenvalue weighted by Gasteiger charge is 2.25. The first kappa shape index (κ1) is 32.3. The first-order chi connectivity index (χ1) is 27.3. The second-order valence-corrected chi connectivity index (χ2v) is 16.1. The van der Waals surface area contributed by atoms with E-state index >= 15 is 0 Å². The zero-order valence-corrected chi connectivity index (χ0v) is 31.4. The molecular weight excluding hydrogens is 687 g/mol. The van der Waals surface area contributed by atoms with Crippen molar-refractivity contribution in [1.29, 1.82) is 0 Å². The van der Waals surface area contributed by atoms with E-state index in [1.807, 2.05) is 17.4 Å². The molecule has 264 valence electrons. The van der Waals surface area contributed by atoms with E-state index in [-0.39, 0.29) is 0 Å². The number of fused-ring (bicyclic) bond motifs is 7. The summed E-state index contributed by atoms with van der Waals surface area (Å²) in [5.74, 6) is 0.582. The topological polar surface area (TPSA) is 16.4 Å². The Hall–Kier alpha value is -6.16. The Labute approximate surface area is 324 Å². The van der Waals surface area contributed by atoms with Gasteiger partial charge in [0, 0.05) is 53.8 Å². The number of nitrogens with zero attached hydrogens (tertiary/aromatic N) is 1. The molecule has 0 bridgehead atoms. The number of thiophene rings is 1. The molecule has 0 radical (unpaired) electrons. The van der Waals surface area contributed by atoms with Crippen LogP contribution >= 0.6 is 11.3 Å². The molecule has 0 saturated heterocycles. The van der Waals surface area contributed by atoms with E-state index in [2.05, 4.69) is 169 Å². The largest absolute Gasteiger partial charge is 0.456 e. The normalized spacial score (nSPS) is 13.7. The van der Waals surface area contributed by atoms with Gasteiger partial charge in [-0.25, -0.2) is 0 Å². The predicted octanol–water partition coefficient (Wildman–Crippen LogP) is 16.0. The monoisotopic (exact) mass is 725 g/mol. The minimum absolute atomic E-state index is 0.582. The highest BCUT2D eigenvalue weighted by Crippen LogP contribution is 2.50. The van der Waals surface area contributed by atoms with Crippen molar-refractivity contribution in [2.75, 3.05) is 4.90 Å². The Balaban J connectivity index is 1.19. The molecule has 8 aromatic carbocycles. The van der Waals surface area contributed by atoms with Crippen LogP contribution in [0.4, 0.5) is 17.1 Å². The van der Waals surface area contributed by atoms with Gasteiger partial charge in [0.25, 0.3) is 0 Å². The van der Waals surface area contributed by atoms with Crippen LogP contribution in [-0.2, 0) is 0 Å². The van der Waals surface area contributed by atoms with Crippen LogP contribution in [0, 0.1) is 0 Å². The van der Waals surface area contributed by atoms with Crippen LogP contribution in [0.2, 0.25) is 0 Å². The highest BCUT2D eigenvalue weighted by atomic mass is 32.1. The summed E-state index contributed by atoms with van der Waals surface area (Å²) in [6.45, 7) is 0. The van der Waals surface area contributed by atoms with Gasteiger partial charge in [-0.2, -0.15) is 0 Å². The van der Waals surface area contributed by atoms with Crippen molar-refractivity contribution in [2.45, 2.75) is 38.0 Å². The standard InChI is InChI=1S/C52H39NOS/c1-2-15-34(16-3-1)37-23-12-17-35-18-13-24-42(51(35)37)38-19-4-8-26-45(38)53(36-31-32-41-40-21-6-10-28-47(40)54-48(41)33-36)46-27-9-5-20-39(46)43-25-14-30-50-52(43)44-22-7-11-29-49(44)55-50/h4-14,17-34H,1-3,15-16H2. The number of furan rings is 1. The summed E-state index contributed by atoms with van der Waals surface area (Å²) in [6, 6.07) is 62.5. The first-order valence-electron chi connectivity index (χ1n) is 19.6. The summed E-state index contributed by atoms with van der Waals surface area (Å²) < 4.78 is 9.17. The van der Waals surface area contributed by atoms with Crippen LogP contribution in [0.5, 0.6) is 0 Å². The van der Waals surface area contributed by atoms with Crippen molar-refractivity contribution >= 4 is 81.3 Å². The van der Waals surface area contributed by atoms with Gasteiger partial charge in [-0.15, -0.1) is 11.3 Å². The van der Waals surface area contributed by atoms with Crippen LogP contribution in [-0.4, -0.2) is 0 Å². The van der Waals surface area contributed by atoms with Gasteiger partial charge >= 0.3 is 0 Å². The molecule has 0 N–H and O–H groups in total. The van der Waals surface area contributed by atoms with E-state index in [0.717, 1.165) is 39.0 Å². The Bertz CT molecular complexity index is 3050. The summed E-state index contributed by atoms with van der Waals surface area (Å²) in [6.07, 6.45) is 6.47. The average molecular weight is 726 g/mol. The van der Waals surface area contributed by atoms with Crippen molar-refractivity contribution in [2.24, 2.45) is 0 Å². The zero-order chi connectivity index (χ0) is 36.3. The molecule has 1 aliphatic carbocycles. The zero-order valence-electron chi connectivity index (χ0n) is 30.5. The lowest BCUT2D eigenvalue weighted by molar-refractivity contribution is 0.445. The molecule has 1 saturated carbocycles. The molecule has 0 spiro atoms. The third-order valence-electron chi connectivity index (χ3n) is 11.9. The van der Waals surface area contributed by atoms with Gasteiger partial charge in [-0.3, -0.25) is 0 Å². The Morgan fingerprint density at radius 3 is 1.85 bits per heavy atom. The lowest BCUT2D eigenvalue weighted by Crippen LogP contribution is -2.12. The molecule has 55 heavy (non-hydrogen) atoms. The summed E-state index contributed by atoms with van der Waals surface area (Å²) in [5, 5.41) is 7.57. The fraction of sp³-hybridized carbons (Fsp3) is 0.115. The number of rotatable bonds is 6. The van der Waals surface area contributed by atoms with Crippen LogP contribution < -0.4 is 4.90 Å². The fourth-order valence-corrected chi connectivity index (χ4v) is 10.5. The van der Waals surface area contributed by atoms with Crippen molar-refractivity contribution in [1.82, 2.24) is 0 Å². The number of hydrogen-bond donors (Lipinski definition) is 0. The molecule has 2 aromatic heterocycles. The lowest BCUT2D eigenvalue weighted by atomic mass is 9.80. The van der Waals surface area contributed by atoms with E-state index in [0.29, 0.717) is 5.92 Å². The molecule has 2 nitrogen and oxygen atoms in total. The molecule has 0 atom stereocenters. The average Bonchev–Trinajstić information content (AvgIpc) is 3.82. The number of anilines is 3. The lowest BCUT2D eigenvalue weighted by Gasteiger charge is -2.30. The van der Waals surface area contributed by atoms with E-state index in [9.17, 15) is 0 Å². The Morgan fingerprint density at radius 2 is 1.05 bits per heavy atom. The quantitative estimate of drug-likeness (QED) is 0.170. The first-order valence-corrected chi connectivity index (χ1v) is 20.4. The van der Waals surface area contributed by atoms with Crippen molar-refractivity contribution in [3.8, 4) is 22.3 Å². The second kappa shape index (κ2) is 13.3. The molecular formula is C52H39NOS. The van der Waals surface area contributed by atoms with E-state index in [1.54, 1.807) is 0 Å². The van der Waals surface area contributed by atoms with Crippen LogP contribution in [0.1, 0.15) is 43.6 Å². The molecule has 1 fully saturated rings. The fourth-order valence-electron chi connectivity index (χ4n) is 9.40. The third-order valence-corrected chi connectivity index (χ3v) is 13.0. The van der Waals surface area contributed by atoms with Gasteiger partial charge in [-0.05, 0) is 88.7 Å².